The Morgan fingerprint density at radius 2 is 2.00 bits per heavy atom. The fourth-order valence-electron chi connectivity index (χ4n) is 3.82. The van der Waals surface area contributed by atoms with Gasteiger partial charge in [0.05, 0.1) is 13.2 Å². The highest BCUT2D eigenvalue weighted by molar-refractivity contribution is 5.95. The van der Waals surface area contributed by atoms with Gasteiger partial charge in [0.15, 0.2) is 5.82 Å². The number of methoxy groups -OCH3 is 1. The number of aromatic nitrogens is 3. The van der Waals surface area contributed by atoms with Crippen LogP contribution in [0.3, 0.4) is 0 Å². The lowest BCUT2D eigenvalue weighted by Gasteiger charge is -2.26. The van der Waals surface area contributed by atoms with Crippen LogP contribution in [0, 0.1) is 6.92 Å². The van der Waals surface area contributed by atoms with Crippen LogP contribution < -0.4 is 4.74 Å². The number of benzene rings is 2. The van der Waals surface area contributed by atoms with Gasteiger partial charge in [0.25, 0.3) is 5.91 Å². The second-order valence-corrected chi connectivity index (χ2v) is 7.09. The van der Waals surface area contributed by atoms with Gasteiger partial charge in [-0.05, 0) is 38.0 Å². The predicted octanol–water partition coefficient (Wildman–Crippen LogP) is 3.78. The number of carbonyl (C=O) groups is 1. The summed E-state index contributed by atoms with van der Waals surface area (Å²) >= 11 is 0. The van der Waals surface area contributed by atoms with Gasteiger partial charge >= 0.3 is 0 Å². The summed E-state index contributed by atoms with van der Waals surface area (Å²) in [6, 6.07) is 15.5. The number of rotatable bonds is 4. The van der Waals surface area contributed by atoms with E-state index in [-0.39, 0.29) is 11.9 Å². The first kappa shape index (κ1) is 18.2. The molecule has 6 nitrogen and oxygen atoms in total. The molecule has 0 aliphatic carbocycles. The van der Waals surface area contributed by atoms with Crippen LogP contribution in [-0.2, 0) is 7.05 Å². The zero-order chi connectivity index (χ0) is 19.7. The maximum Gasteiger partial charge on any atom is 0.254 e. The van der Waals surface area contributed by atoms with Gasteiger partial charge in [0, 0.05) is 30.3 Å². The molecule has 3 aromatic rings. The Kier molecular flexibility index (Phi) is 4.86. The minimum absolute atomic E-state index is 0.0301. The number of amides is 1. The first-order valence-electron chi connectivity index (χ1n) is 9.50. The number of aryl methyl sites for hydroxylation is 2. The third-order valence-corrected chi connectivity index (χ3v) is 5.36. The lowest BCUT2D eigenvalue weighted by molar-refractivity contribution is 0.0734. The van der Waals surface area contributed by atoms with Crippen LogP contribution >= 0.6 is 0 Å². The van der Waals surface area contributed by atoms with Crippen LogP contribution in [0.1, 0.15) is 40.6 Å². The molecule has 4 rings (SSSR count). The van der Waals surface area contributed by atoms with E-state index in [1.807, 2.05) is 67.4 Å². The fraction of sp³-hybridized carbons (Fsp3) is 0.318. The van der Waals surface area contributed by atoms with Crippen molar-refractivity contribution in [2.75, 3.05) is 13.7 Å². The van der Waals surface area contributed by atoms with Crippen molar-refractivity contribution in [2.45, 2.75) is 25.8 Å². The third-order valence-electron chi connectivity index (χ3n) is 5.36. The maximum atomic E-state index is 13.3. The molecule has 1 atom stereocenters. The number of ether oxygens (including phenoxy) is 1. The molecule has 2 aromatic carbocycles. The zero-order valence-corrected chi connectivity index (χ0v) is 16.4. The van der Waals surface area contributed by atoms with Gasteiger partial charge in [-0.1, -0.05) is 30.3 Å². The molecule has 0 N–H and O–H groups in total. The molecule has 144 valence electrons. The van der Waals surface area contributed by atoms with E-state index in [1.54, 1.807) is 11.8 Å². The van der Waals surface area contributed by atoms with E-state index >= 15 is 0 Å². The minimum Gasteiger partial charge on any atom is -0.496 e. The van der Waals surface area contributed by atoms with Crippen molar-refractivity contribution in [3.05, 3.63) is 65.5 Å². The molecule has 1 amide bonds. The average molecular weight is 376 g/mol. The molecule has 2 heterocycles. The normalized spacial score (nSPS) is 16.4. The van der Waals surface area contributed by atoms with E-state index in [2.05, 4.69) is 10.1 Å². The molecule has 1 saturated heterocycles. The SMILES string of the molecule is COc1ccccc1[C@@H]1CCCN1C(=O)c1cccc(-c2nc(C)n(C)n2)c1. The molecule has 28 heavy (non-hydrogen) atoms. The minimum atomic E-state index is 0.0301. The predicted molar refractivity (Wildman–Crippen MR) is 107 cm³/mol. The number of likely N-dealkylation sites (tertiary alicyclic amines) is 1. The van der Waals surface area contributed by atoms with E-state index in [9.17, 15) is 4.79 Å². The topological polar surface area (TPSA) is 60.2 Å². The first-order chi connectivity index (χ1) is 13.6. The molecular weight excluding hydrogens is 352 g/mol. The molecule has 0 bridgehead atoms. The molecule has 0 unspecified atom stereocenters. The van der Waals surface area contributed by atoms with Crippen molar-refractivity contribution < 1.29 is 9.53 Å². The highest BCUT2D eigenvalue weighted by atomic mass is 16.5. The third kappa shape index (κ3) is 3.26. The molecule has 1 aromatic heterocycles. The van der Waals surface area contributed by atoms with Crippen molar-refractivity contribution in [2.24, 2.45) is 7.05 Å². The van der Waals surface area contributed by atoms with Crippen molar-refractivity contribution in [1.82, 2.24) is 19.7 Å². The van der Waals surface area contributed by atoms with Crippen LogP contribution in [0.25, 0.3) is 11.4 Å². The number of hydrogen-bond donors (Lipinski definition) is 0. The summed E-state index contributed by atoms with van der Waals surface area (Å²) < 4.78 is 7.26. The fourth-order valence-corrected chi connectivity index (χ4v) is 3.82. The number of nitrogens with zero attached hydrogens (tertiary/aromatic N) is 4. The molecule has 0 radical (unpaired) electrons. The lowest BCUT2D eigenvalue weighted by atomic mass is 10.0. The Bertz CT molecular complexity index is 992. The van der Waals surface area contributed by atoms with Gasteiger partial charge in [0.2, 0.25) is 0 Å². The molecule has 1 aliphatic rings. The Hall–Kier alpha value is -3.15. The number of para-hydroxylation sites is 1. The van der Waals surface area contributed by atoms with E-state index in [0.717, 1.165) is 42.1 Å². The summed E-state index contributed by atoms with van der Waals surface area (Å²) in [6.07, 6.45) is 1.92. The van der Waals surface area contributed by atoms with Crippen LogP contribution in [-0.4, -0.2) is 39.2 Å². The lowest BCUT2D eigenvalue weighted by Crippen LogP contribution is -2.30. The summed E-state index contributed by atoms with van der Waals surface area (Å²) in [5.41, 5.74) is 2.57. The number of carbonyl (C=O) groups excluding carboxylic acids is 1. The monoisotopic (exact) mass is 376 g/mol. The smallest absolute Gasteiger partial charge is 0.254 e. The molecule has 1 fully saturated rings. The summed E-state index contributed by atoms with van der Waals surface area (Å²) in [4.78, 5) is 19.8. The zero-order valence-electron chi connectivity index (χ0n) is 16.4. The Balaban J connectivity index is 1.64. The van der Waals surface area contributed by atoms with Crippen LogP contribution in [0.15, 0.2) is 48.5 Å². The molecule has 6 heteroatoms. The quantitative estimate of drug-likeness (QED) is 0.695. The van der Waals surface area contributed by atoms with E-state index in [1.165, 1.54) is 0 Å². The number of hydrogen-bond acceptors (Lipinski definition) is 4. The van der Waals surface area contributed by atoms with Gasteiger partial charge in [-0.3, -0.25) is 9.48 Å². The molecule has 0 saturated carbocycles. The van der Waals surface area contributed by atoms with Crippen LogP contribution in [0.2, 0.25) is 0 Å². The van der Waals surface area contributed by atoms with Crippen LogP contribution in [0.5, 0.6) is 5.75 Å². The Labute approximate surface area is 164 Å². The van der Waals surface area contributed by atoms with Gasteiger partial charge < -0.3 is 9.64 Å². The maximum absolute atomic E-state index is 13.3. The summed E-state index contributed by atoms with van der Waals surface area (Å²) in [7, 11) is 3.54. The standard InChI is InChI=1S/C22H24N4O2/c1-15-23-21(24-25(15)2)16-8-6-9-17(14-16)22(27)26-13-7-11-19(26)18-10-4-5-12-20(18)28-3/h4-6,8-10,12,14,19H,7,11,13H2,1-3H3/t19-/m0/s1. The van der Waals surface area contributed by atoms with Crippen molar-refractivity contribution >= 4 is 5.91 Å². The summed E-state index contributed by atoms with van der Waals surface area (Å²) in [5, 5.41) is 4.43. The van der Waals surface area contributed by atoms with E-state index in [0.29, 0.717) is 11.4 Å². The van der Waals surface area contributed by atoms with E-state index in [4.69, 9.17) is 4.74 Å². The summed E-state index contributed by atoms with van der Waals surface area (Å²) in [6.45, 7) is 2.65. The Morgan fingerprint density at radius 1 is 1.18 bits per heavy atom. The Morgan fingerprint density at radius 3 is 2.75 bits per heavy atom. The largest absolute Gasteiger partial charge is 0.496 e. The van der Waals surface area contributed by atoms with Gasteiger partial charge in [-0.15, -0.1) is 0 Å². The molecular formula is C22H24N4O2. The van der Waals surface area contributed by atoms with Gasteiger partial charge in [-0.2, -0.15) is 5.10 Å². The first-order valence-corrected chi connectivity index (χ1v) is 9.50. The van der Waals surface area contributed by atoms with E-state index < -0.39 is 0 Å². The van der Waals surface area contributed by atoms with Crippen molar-refractivity contribution in [3.63, 3.8) is 0 Å². The second kappa shape index (κ2) is 7.46. The molecule has 1 aliphatic heterocycles. The molecule has 0 spiro atoms. The average Bonchev–Trinajstić information content (AvgIpc) is 3.34. The summed E-state index contributed by atoms with van der Waals surface area (Å²) in [5.74, 6) is 2.33. The highest BCUT2D eigenvalue weighted by Gasteiger charge is 2.32. The van der Waals surface area contributed by atoms with Gasteiger partial charge in [0.1, 0.15) is 11.6 Å². The highest BCUT2D eigenvalue weighted by Crippen LogP contribution is 2.37. The van der Waals surface area contributed by atoms with Gasteiger partial charge in [-0.25, -0.2) is 4.98 Å². The second-order valence-electron chi connectivity index (χ2n) is 7.09. The van der Waals surface area contributed by atoms with Crippen LogP contribution in [0.4, 0.5) is 0 Å². The van der Waals surface area contributed by atoms with Crippen molar-refractivity contribution in [3.8, 4) is 17.1 Å². The van der Waals surface area contributed by atoms with Crippen molar-refractivity contribution in [1.29, 1.82) is 0 Å².